The van der Waals surface area contributed by atoms with Crippen LogP contribution in [-0.2, 0) is 0 Å². The summed E-state index contributed by atoms with van der Waals surface area (Å²) in [4.78, 5) is 0. The molecule has 0 saturated heterocycles. The van der Waals surface area contributed by atoms with Gasteiger partial charge in [-0.2, -0.15) is 0 Å². The predicted molar refractivity (Wildman–Crippen MR) is 34.5 cm³/mol. The molecule has 0 rings (SSSR count). The Morgan fingerprint density at radius 3 is 2.25 bits per heavy atom. The molecule has 0 aliphatic carbocycles. The highest BCUT2D eigenvalue weighted by Crippen LogP contribution is 2.10. The van der Waals surface area contributed by atoms with Crippen LogP contribution in [0.4, 0.5) is 0 Å². The summed E-state index contributed by atoms with van der Waals surface area (Å²) in [5.74, 6) is 0. The summed E-state index contributed by atoms with van der Waals surface area (Å²) >= 11 is 0. The van der Waals surface area contributed by atoms with Crippen LogP contribution < -0.4 is 5.73 Å². The van der Waals surface area contributed by atoms with Crippen molar-refractivity contribution in [2.24, 2.45) is 5.73 Å². The summed E-state index contributed by atoms with van der Waals surface area (Å²) in [5, 5.41) is 9.18. The second kappa shape index (κ2) is 2.29. The highest BCUT2D eigenvalue weighted by atomic mass is 16.3. The summed E-state index contributed by atoms with van der Waals surface area (Å²) in [7, 11) is 0. The number of rotatable bonds is 2. The van der Waals surface area contributed by atoms with Crippen LogP contribution in [0.2, 0.25) is 0 Å². The third kappa shape index (κ3) is 1.64. The molecule has 0 heterocycles. The van der Waals surface area contributed by atoms with E-state index in [2.05, 4.69) is 6.58 Å². The van der Waals surface area contributed by atoms with E-state index in [0.717, 1.165) is 0 Å². The fraction of sp³-hybridized carbons (Fsp3) is 0.667. The van der Waals surface area contributed by atoms with Gasteiger partial charge in [-0.25, -0.2) is 0 Å². The first-order chi connectivity index (χ1) is 3.50. The largest absolute Gasteiger partial charge is 0.384 e. The van der Waals surface area contributed by atoms with E-state index in [4.69, 9.17) is 5.73 Å². The first-order valence-corrected chi connectivity index (χ1v) is 2.59. The van der Waals surface area contributed by atoms with Gasteiger partial charge in [-0.1, -0.05) is 6.58 Å². The van der Waals surface area contributed by atoms with Gasteiger partial charge in [0.05, 0.1) is 5.60 Å². The van der Waals surface area contributed by atoms with Crippen LogP contribution in [-0.4, -0.2) is 17.3 Å². The molecule has 0 aromatic carbocycles. The van der Waals surface area contributed by atoms with Gasteiger partial charge in [0.25, 0.3) is 0 Å². The van der Waals surface area contributed by atoms with E-state index in [1.165, 1.54) is 0 Å². The van der Waals surface area contributed by atoms with Crippen LogP contribution in [0.3, 0.4) is 0 Å². The molecule has 0 fully saturated rings. The number of nitrogens with two attached hydrogens (primary N) is 1. The molecule has 0 aliphatic rings. The first kappa shape index (κ1) is 7.66. The van der Waals surface area contributed by atoms with Gasteiger partial charge in [-0.3, -0.25) is 0 Å². The molecule has 0 bridgehead atoms. The molecule has 48 valence electrons. The lowest BCUT2D eigenvalue weighted by atomic mass is 10.00. The average Bonchev–Trinajstić information content (AvgIpc) is 1.67. The van der Waals surface area contributed by atoms with Gasteiger partial charge in [-0.05, 0) is 19.4 Å². The molecule has 0 radical (unpaired) electrons. The maximum absolute atomic E-state index is 9.18. The Bertz CT molecular complexity index is 96.7. The monoisotopic (exact) mass is 115 g/mol. The van der Waals surface area contributed by atoms with Gasteiger partial charge in [0.15, 0.2) is 0 Å². The van der Waals surface area contributed by atoms with Gasteiger partial charge < -0.3 is 10.8 Å². The van der Waals surface area contributed by atoms with Crippen LogP contribution in [0.5, 0.6) is 0 Å². The van der Waals surface area contributed by atoms with Gasteiger partial charge in [0.2, 0.25) is 0 Å². The van der Waals surface area contributed by atoms with E-state index >= 15 is 0 Å². The van der Waals surface area contributed by atoms with E-state index in [-0.39, 0.29) is 6.54 Å². The van der Waals surface area contributed by atoms with Crippen LogP contribution in [0.15, 0.2) is 12.2 Å². The number of hydrogen-bond donors (Lipinski definition) is 2. The van der Waals surface area contributed by atoms with Gasteiger partial charge >= 0.3 is 0 Å². The summed E-state index contributed by atoms with van der Waals surface area (Å²) in [6.07, 6.45) is 0. The van der Waals surface area contributed by atoms with Crippen LogP contribution in [0.1, 0.15) is 13.8 Å². The minimum Gasteiger partial charge on any atom is -0.384 e. The minimum atomic E-state index is -0.875. The fourth-order valence-corrected chi connectivity index (χ4v) is 0.174. The highest BCUT2D eigenvalue weighted by Gasteiger charge is 2.17. The molecule has 0 aromatic rings. The Morgan fingerprint density at radius 2 is 2.25 bits per heavy atom. The Kier molecular flexibility index (Phi) is 2.19. The zero-order valence-corrected chi connectivity index (χ0v) is 5.44. The van der Waals surface area contributed by atoms with Crippen molar-refractivity contribution in [1.29, 1.82) is 0 Å². The zero-order valence-electron chi connectivity index (χ0n) is 5.44. The van der Waals surface area contributed by atoms with E-state index < -0.39 is 5.60 Å². The van der Waals surface area contributed by atoms with E-state index in [1.807, 2.05) is 0 Å². The summed E-state index contributed by atoms with van der Waals surface area (Å²) < 4.78 is 0. The first-order valence-electron chi connectivity index (χ1n) is 2.59. The summed E-state index contributed by atoms with van der Waals surface area (Å²) in [5.41, 5.74) is 5.03. The third-order valence-electron chi connectivity index (χ3n) is 1.32. The molecule has 2 heteroatoms. The average molecular weight is 115 g/mol. The zero-order chi connectivity index (χ0) is 6.78. The van der Waals surface area contributed by atoms with Crippen molar-refractivity contribution >= 4 is 0 Å². The lowest BCUT2D eigenvalue weighted by molar-refractivity contribution is 0.108. The number of hydrogen-bond acceptors (Lipinski definition) is 2. The van der Waals surface area contributed by atoms with E-state index in [0.29, 0.717) is 5.57 Å². The molecule has 3 N–H and O–H groups in total. The van der Waals surface area contributed by atoms with E-state index in [9.17, 15) is 5.11 Å². The van der Waals surface area contributed by atoms with Crippen molar-refractivity contribution in [2.75, 3.05) is 6.54 Å². The topological polar surface area (TPSA) is 46.2 Å². The van der Waals surface area contributed by atoms with Gasteiger partial charge in [0, 0.05) is 6.54 Å². The number of aliphatic hydroxyl groups is 1. The second-order valence-corrected chi connectivity index (χ2v) is 2.26. The Labute approximate surface area is 50.0 Å². The maximum Gasteiger partial charge on any atom is 0.0945 e. The maximum atomic E-state index is 9.18. The standard InChI is InChI=1S/C6H13NO/c1-5(2)6(3,8)4-7/h8H,1,4,7H2,2-3H3. The smallest absolute Gasteiger partial charge is 0.0945 e. The highest BCUT2D eigenvalue weighted by molar-refractivity contribution is 5.07. The van der Waals surface area contributed by atoms with Crippen LogP contribution >= 0.6 is 0 Å². The van der Waals surface area contributed by atoms with Crippen molar-refractivity contribution in [3.05, 3.63) is 12.2 Å². The quantitative estimate of drug-likeness (QED) is 0.507. The molecular weight excluding hydrogens is 102 g/mol. The van der Waals surface area contributed by atoms with Crippen molar-refractivity contribution in [1.82, 2.24) is 0 Å². The molecule has 0 aromatic heterocycles. The summed E-state index contributed by atoms with van der Waals surface area (Å²) in [6.45, 7) is 7.21. The molecule has 0 aliphatic heterocycles. The molecule has 0 amide bonds. The third-order valence-corrected chi connectivity index (χ3v) is 1.32. The second-order valence-electron chi connectivity index (χ2n) is 2.26. The Balaban J connectivity index is 3.91. The Morgan fingerprint density at radius 1 is 1.88 bits per heavy atom. The van der Waals surface area contributed by atoms with Crippen molar-refractivity contribution in [3.63, 3.8) is 0 Å². The van der Waals surface area contributed by atoms with Crippen molar-refractivity contribution in [2.45, 2.75) is 19.4 Å². The molecular formula is C6H13NO. The summed E-state index contributed by atoms with van der Waals surface area (Å²) in [6, 6.07) is 0. The molecule has 2 nitrogen and oxygen atoms in total. The molecule has 1 atom stereocenters. The van der Waals surface area contributed by atoms with Crippen LogP contribution in [0.25, 0.3) is 0 Å². The molecule has 8 heavy (non-hydrogen) atoms. The lowest BCUT2D eigenvalue weighted by Crippen LogP contribution is -2.34. The minimum absolute atomic E-state index is 0.238. The fourth-order valence-electron chi connectivity index (χ4n) is 0.174. The van der Waals surface area contributed by atoms with Crippen molar-refractivity contribution < 1.29 is 5.11 Å². The SMILES string of the molecule is C=C(C)C(C)(O)CN. The normalized spacial score (nSPS) is 17.5. The molecule has 0 spiro atoms. The predicted octanol–water partition coefficient (Wildman–Crippen LogP) is 0.272. The van der Waals surface area contributed by atoms with Crippen LogP contribution in [0, 0.1) is 0 Å². The van der Waals surface area contributed by atoms with Gasteiger partial charge in [0.1, 0.15) is 0 Å². The lowest BCUT2D eigenvalue weighted by Gasteiger charge is -2.20. The molecule has 1 unspecified atom stereocenters. The molecule has 0 saturated carbocycles. The van der Waals surface area contributed by atoms with Crippen molar-refractivity contribution in [3.8, 4) is 0 Å². The Hall–Kier alpha value is -0.340. The van der Waals surface area contributed by atoms with E-state index in [1.54, 1.807) is 13.8 Å². The van der Waals surface area contributed by atoms with Gasteiger partial charge in [-0.15, -0.1) is 0 Å².